The monoisotopic (exact) mass is 620 g/mol. The van der Waals surface area contributed by atoms with Crippen molar-refractivity contribution in [3.8, 4) is 0 Å². The average molecular weight is 621 g/mol. The minimum absolute atomic E-state index is 0.00212. The lowest BCUT2D eigenvalue weighted by molar-refractivity contribution is -0.185. The van der Waals surface area contributed by atoms with Crippen LogP contribution in [0, 0.1) is 17.8 Å². The van der Waals surface area contributed by atoms with Gasteiger partial charge in [0.15, 0.2) is 0 Å². The number of nitrogens with one attached hydrogen (secondary N) is 5. The van der Waals surface area contributed by atoms with Crippen molar-refractivity contribution in [3.63, 3.8) is 0 Å². The predicted molar refractivity (Wildman–Crippen MR) is 148 cm³/mol. The number of halogens is 3. The number of hydrogen-bond donors (Lipinski definition) is 6. The number of likely N-dealkylation sites (tertiary alicyclic amines) is 1. The molecular formula is C27H43F3N6O7. The Morgan fingerprint density at radius 3 is 1.98 bits per heavy atom. The summed E-state index contributed by atoms with van der Waals surface area (Å²) in [6.07, 6.45) is -5.91. The van der Waals surface area contributed by atoms with Gasteiger partial charge in [-0.15, -0.1) is 0 Å². The van der Waals surface area contributed by atoms with Gasteiger partial charge in [0, 0.05) is 25.0 Å². The van der Waals surface area contributed by atoms with E-state index in [4.69, 9.17) is 0 Å². The first-order valence-electron chi connectivity index (χ1n) is 14.5. The molecule has 6 N–H and O–H groups in total. The molecule has 2 aliphatic rings. The van der Waals surface area contributed by atoms with Crippen molar-refractivity contribution in [2.75, 3.05) is 26.2 Å². The Morgan fingerprint density at radius 2 is 1.49 bits per heavy atom. The maximum Gasteiger partial charge on any atom is 0.405 e. The third kappa shape index (κ3) is 11.6. The summed E-state index contributed by atoms with van der Waals surface area (Å²) in [7, 11) is 0. The second-order valence-electron chi connectivity index (χ2n) is 11.9. The quantitative estimate of drug-likeness (QED) is 0.152. The summed E-state index contributed by atoms with van der Waals surface area (Å²) in [4.78, 5) is 77.4. The van der Waals surface area contributed by atoms with Crippen LogP contribution in [0.25, 0.3) is 0 Å². The van der Waals surface area contributed by atoms with Crippen molar-refractivity contribution in [1.29, 1.82) is 0 Å². The average Bonchev–Trinajstić information content (AvgIpc) is 3.29. The molecule has 0 bridgehead atoms. The van der Waals surface area contributed by atoms with E-state index in [1.54, 1.807) is 32.6 Å². The van der Waals surface area contributed by atoms with Gasteiger partial charge in [-0.2, -0.15) is 13.2 Å². The molecule has 0 saturated carbocycles. The first-order chi connectivity index (χ1) is 20.0. The van der Waals surface area contributed by atoms with E-state index < -0.39 is 65.7 Å². The first-order valence-corrected chi connectivity index (χ1v) is 14.5. The highest BCUT2D eigenvalue weighted by molar-refractivity contribution is 6.38. The Kier molecular flexibility index (Phi) is 13.2. The van der Waals surface area contributed by atoms with Crippen LogP contribution in [-0.2, 0) is 24.0 Å². The zero-order valence-electron chi connectivity index (χ0n) is 24.9. The molecule has 4 atom stereocenters. The van der Waals surface area contributed by atoms with E-state index in [9.17, 15) is 47.0 Å². The molecule has 0 aromatic carbocycles. The molecule has 0 radical (unpaired) electrons. The molecule has 244 valence electrons. The lowest BCUT2D eigenvalue weighted by Crippen LogP contribution is -2.59. The van der Waals surface area contributed by atoms with E-state index in [0.717, 1.165) is 0 Å². The smallest absolute Gasteiger partial charge is 0.405 e. The van der Waals surface area contributed by atoms with Crippen molar-refractivity contribution >= 4 is 35.5 Å². The van der Waals surface area contributed by atoms with Gasteiger partial charge in [0.05, 0.1) is 12.0 Å². The van der Waals surface area contributed by atoms with Crippen LogP contribution in [0.1, 0.15) is 59.8 Å². The first kappa shape index (κ1) is 35.8. The van der Waals surface area contributed by atoms with Crippen LogP contribution in [0.3, 0.4) is 0 Å². The highest BCUT2D eigenvalue weighted by atomic mass is 19.4. The summed E-state index contributed by atoms with van der Waals surface area (Å²) in [5.74, 6) is -6.14. The molecule has 2 aliphatic heterocycles. The molecule has 16 heteroatoms. The Labute approximate surface area is 248 Å². The molecule has 0 spiro atoms. The lowest BCUT2D eigenvalue weighted by Gasteiger charge is -2.34. The van der Waals surface area contributed by atoms with Gasteiger partial charge in [-0.25, -0.2) is 4.79 Å². The number of amides is 5. The van der Waals surface area contributed by atoms with Gasteiger partial charge < -0.3 is 36.6 Å². The van der Waals surface area contributed by atoms with Gasteiger partial charge in [-0.1, -0.05) is 13.8 Å². The summed E-state index contributed by atoms with van der Waals surface area (Å²) in [6.45, 7) is 7.01. The third-order valence-electron chi connectivity index (χ3n) is 7.41. The zero-order valence-corrected chi connectivity index (χ0v) is 24.9. The lowest BCUT2D eigenvalue weighted by atomic mass is 9.94. The van der Waals surface area contributed by atoms with E-state index in [0.29, 0.717) is 13.0 Å². The van der Waals surface area contributed by atoms with Gasteiger partial charge >= 0.3 is 12.3 Å². The van der Waals surface area contributed by atoms with Crippen LogP contribution in [0.4, 0.5) is 18.0 Å². The number of carbonyl (C=O) groups excluding carboxylic acids is 5. The number of piperidine rings is 1. The summed E-state index contributed by atoms with van der Waals surface area (Å²) >= 11 is 0. The number of Topliss-reactive ketones (excluding diaryl/α,β-unsaturated/α-hetero) is 1. The van der Waals surface area contributed by atoms with Crippen LogP contribution in [-0.4, -0.2) is 102 Å². The number of hydrogen-bond acceptors (Lipinski definition) is 7. The Bertz CT molecular complexity index is 1030. The number of alkyl halides is 3. The SMILES string of the molecule is CC(C)CC(NC(=O)C(CN1CCC(C(F)(F)F)CC1)NC(=O)O)C(=O)NC(CC1CCNC1=O)C(=O)C(=O)NC(C)C. The van der Waals surface area contributed by atoms with E-state index >= 15 is 0 Å². The molecule has 13 nitrogen and oxygen atoms in total. The molecule has 4 unspecified atom stereocenters. The van der Waals surface area contributed by atoms with Crippen LogP contribution in [0.5, 0.6) is 0 Å². The number of carbonyl (C=O) groups is 6. The van der Waals surface area contributed by atoms with Crippen LogP contribution < -0.4 is 26.6 Å². The molecule has 0 aliphatic carbocycles. The molecule has 5 amide bonds. The molecule has 2 saturated heterocycles. The second kappa shape index (κ2) is 15.9. The van der Waals surface area contributed by atoms with Gasteiger partial charge in [-0.3, -0.25) is 24.0 Å². The maximum absolute atomic E-state index is 13.4. The minimum Gasteiger partial charge on any atom is -0.465 e. The number of ketones is 1. The summed E-state index contributed by atoms with van der Waals surface area (Å²) in [6, 6.07) is -4.38. The van der Waals surface area contributed by atoms with Crippen molar-refractivity contribution in [3.05, 3.63) is 0 Å². The molecule has 2 fully saturated rings. The summed E-state index contributed by atoms with van der Waals surface area (Å²) in [5.41, 5.74) is 0. The Morgan fingerprint density at radius 1 is 0.907 bits per heavy atom. The van der Waals surface area contributed by atoms with Crippen LogP contribution in [0.15, 0.2) is 0 Å². The van der Waals surface area contributed by atoms with Crippen molar-refractivity contribution in [1.82, 2.24) is 31.5 Å². The molecule has 0 aromatic rings. The molecule has 2 heterocycles. The Balaban J connectivity index is 2.18. The van der Waals surface area contributed by atoms with Gasteiger partial charge in [0.25, 0.3) is 5.91 Å². The maximum atomic E-state index is 13.4. The summed E-state index contributed by atoms with van der Waals surface area (Å²) in [5, 5.41) is 21.5. The minimum atomic E-state index is -4.34. The highest BCUT2D eigenvalue weighted by Gasteiger charge is 2.42. The topological polar surface area (TPSA) is 186 Å². The van der Waals surface area contributed by atoms with Gasteiger partial charge in [0.1, 0.15) is 12.1 Å². The predicted octanol–water partition coefficient (Wildman–Crippen LogP) is 0.533. The molecule has 0 aromatic heterocycles. The highest BCUT2D eigenvalue weighted by Crippen LogP contribution is 2.34. The fourth-order valence-corrected chi connectivity index (χ4v) is 5.17. The molecular weight excluding hydrogens is 577 g/mol. The zero-order chi connectivity index (χ0) is 32.5. The van der Waals surface area contributed by atoms with Crippen molar-refractivity contribution < 1.29 is 47.0 Å². The standard InChI is InChI=1S/C27H43F3N6O7/c1-14(2)11-19(23(39)33-18(12-16-5-8-31-22(16)38)21(37)25(41)32-15(3)4)34-24(40)20(35-26(42)43)13-36-9-6-17(7-10-36)27(28,29)30/h14-20,35H,5-13H2,1-4H3,(H,31,38)(H,32,41)(H,33,39)(H,34,40)(H,42,43). The summed E-state index contributed by atoms with van der Waals surface area (Å²) < 4.78 is 39.2. The van der Waals surface area contributed by atoms with Crippen molar-refractivity contribution in [2.24, 2.45) is 17.8 Å². The van der Waals surface area contributed by atoms with Crippen LogP contribution >= 0.6 is 0 Å². The van der Waals surface area contributed by atoms with Crippen LogP contribution in [0.2, 0.25) is 0 Å². The van der Waals surface area contributed by atoms with E-state index in [-0.39, 0.29) is 63.2 Å². The fraction of sp³-hybridized carbons (Fsp3) is 0.778. The molecule has 43 heavy (non-hydrogen) atoms. The normalized spacial score (nSPS) is 20.2. The largest absolute Gasteiger partial charge is 0.465 e. The Hall–Kier alpha value is -3.43. The number of rotatable bonds is 14. The third-order valence-corrected chi connectivity index (χ3v) is 7.41. The van der Waals surface area contributed by atoms with Gasteiger partial charge in [-0.05, 0) is 65.0 Å². The second-order valence-corrected chi connectivity index (χ2v) is 11.9. The number of nitrogens with zero attached hydrogens (tertiary/aromatic N) is 1. The van der Waals surface area contributed by atoms with E-state index in [2.05, 4.69) is 26.6 Å². The van der Waals surface area contributed by atoms with E-state index in [1.165, 1.54) is 0 Å². The fourth-order valence-electron chi connectivity index (χ4n) is 5.17. The van der Waals surface area contributed by atoms with Gasteiger partial charge in [0.2, 0.25) is 23.5 Å². The van der Waals surface area contributed by atoms with E-state index in [1.807, 2.05) is 0 Å². The van der Waals surface area contributed by atoms with Crippen molar-refractivity contribution in [2.45, 2.75) is 90.1 Å². The molecule has 2 rings (SSSR count). The number of carboxylic acid groups (broad SMARTS) is 1.